The number of pyridine rings is 1. The Morgan fingerprint density at radius 2 is 1.18 bits per heavy atom. The number of aromatic hydroxyl groups is 1. The summed E-state index contributed by atoms with van der Waals surface area (Å²) in [5.74, 6) is 2.41. The van der Waals surface area contributed by atoms with Crippen LogP contribution in [0.25, 0.3) is 50.6 Å². The molecule has 0 unspecified atom stereocenters. The standard InChI is InChI=1S/C59H62BN5O/c1-56(2,3)42-26-27-50(46(35-42)39-23-17-14-18-24-39)65-54(47-36-44(58(7,8)9)37-48(52(47)66)59(10,11)12)63-53-55(65)62-51-25-19-20-30-64(51)60(53)45-32-41(31-43(34-45)57(4,5)6)49-33-40(28-29-61-49)38-21-15-13-16-22-38/h13-37,66H,1-12H3. The summed E-state index contributed by atoms with van der Waals surface area (Å²) in [6, 6.07) is 43.4. The maximum Gasteiger partial charge on any atom is 0.354 e. The summed E-state index contributed by atoms with van der Waals surface area (Å²) < 4.78 is 2.22. The Bertz CT molecular complexity index is 3080. The summed E-state index contributed by atoms with van der Waals surface area (Å²) in [5.41, 5.74) is 13.4. The zero-order chi connectivity index (χ0) is 46.9. The van der Waals surface area contributed by atoms with Crippen molar-refractivity contribution in [2.45, 2.75) is 105 Å². The van der Waals surface area contributed by atoms with E-state index >= 15 is 0 Å². The number of phenols is 1. The van der Waals surface area contributed by atoms with Gasteiger partial charge in [-0.2, -0.15) is 0 Å². The van der Waals surface area contributed by atoms with Crippen LogP contribution in [0.15, 0.2) is 157 Å². The van der Waals surface area contributed by atoms with Crippen molar-refractivity contribution in [3.63, 3.8) is 0 Å². The predicted molar refractivity (Wildman–Crippen MR) is 278 cm³/mol. The Morgan fingerprint density at radius 3 is 1.83 bits per heavy atom. The highest BCUT2D eigenvalue weighted by molar-refractivity contribution is 6.86. The molecule has 0 fully saturated rings. The van der Waals surface area contributed by atoms with E-state index in [1.54, 1.807) is 0 Å². The van der Waals surface area contributed by atoms with Gasteiger partial charge in [-0.25, -0.2) is 9.98 Å². The number of benzene rings is 5. The highest BCUT2D eigenvalue weighted by atomic mass is 16.3. The lowest BCUT2D eigenvalue weighted by molar-refractivity contribution is 0.446. The number of allylic oxidation sites excluding steroid dienone is 2. The van der Waals surface area contributed by atoms with Crippen LogP contribution in [0.4, 0.5) is 5.82 Å². The number of aromatic nitrogens is 3. The van der Waals surface area contributed by atoms with E-state index in [0.29, 0.717) is 11.4 Å². The van der Waals surface area contributed by atoms with Gasteiger partial charge in [0, 0.05) is 17.3 Å². The third-order valence-electron chi connectivity index (χ3n) is 13.0. The normalized spacial score (nSPS) is 14.0. The monoisotopic (exact) mass is 868 g/mol. The Morgan fingerprint density at radius 1 is 0.545 bits per heavy atom. The first-order valence-corrected chi connectivity index (χ1v) is 23.3. The Balaban J connectivity index is 1.38. The topological polar surface area (TPSA) is 66.5 Å². The van der Waals surface area contributed by atoms with E-state index in [1.807, 2.05) is 12.3 Å². The van der Waals surface area contributed by atoms with Crippen molar-refractivity contribution in [1.29, 1.82) is 0 Å². The molecule has 66 heavy (non-hydrogen) atoms. The van der Waals surface area contributed by atoms with Crippen molar-refractivity contribution in [2.75, 3.05) is 0 Å². The first kappa shape index (κ1) is 44.5. The minimum atomic E-state index is -0.379. The van der Waals surface area contributed by atoms with Crippen molar-refractivity contribution in [2.24, 2.45) is 4.99 Å². The second kappa shape index (κ2) is 16.3. The molecule has 2 aliphatic rings. The van der Waals surface area contributed by atoms with Gasteiger partial charge in [-0.05, 0) is 121 Å². The fraction of sp³-hybridized carbons (Fsp3) is 0.271. The lowest BCUT2D eigenvalue weighted by atomic mass is 9.50. The molecule has 9 rings (SSSR count). The van der Waals surface area contributed by atoms with Crippen LogP contribution in [0, 0.1) is 0 Å². The summed E-state index contributed by atoms with van der Waals surface area (Å²) >= 11 is 0. The van der Waals surface area contributed by atoms with Gasteiger partial charge in [0.25, 0.3) is 0 Å². The van der Waals surface area contributed by atoms with Crippen molar-refractivity contribution in [3.8, 4) is 56.3 Å². The molecule has 5 aromatic carbocycles. The second-order valence-corrected chi connectivity index (χ2v) is 22.1. The molecule has 7 heteroatoms. The summed E-state index contributed by atoms with van der Waals surface area (Å²) in [7, 11) is 0. The van der Waals surface area contributed by atoms with Gasteiger partial charge in [-0.1, -0.05) is 174 Å². The number of nitrogens with zero attached hydrogens (tertiary/aromatic N) is 5. The zero-order valence-electron chi connectivity index (χ0n) is 40.7. The molecular weight excluding hydrogens is 805 g/mol. The molecular formula is C59H62BN5O. The van der Waals surface area contributed by atoms with Crippen LogP contribution in [-0.4, -0.2) is 37.1 Å². The average Bonchev–Trinajstić information content (AvgIpc) is 3.65. The van der Waals surface area contributed by atoms with Crippen LogP contribution in [-0.2, 0) is 21.7 Å². The number of fused-ring (bicyclic) bond motifs is 2. The Hall–Kier alpha value is -6.73. The molecule has 6 nitrogen and oxygen atoms in total. The van der Waals surface area contributed by atoms with Gasteiger partial charge in [-0.15, -0.1) is 0 Å². The van der Waals surface area contributed by atoms with Crippen molar-refractivity contribution < 1.29 is 5.11 Å². The number of hydrogen-bond donors (Lipinski definition) is 1. The van der Waals surface area contributed by atoms with Crippen LogP contribution in [0.5, 0.6) is 5.75 Å². The summed E-state index contributed by atoms with van der Waals surface area (Å²) in [6.07, 6.45) is 10.2. The molecule has 2 aromatic heterocycles. The van der Waals surface area contributed by atoms with Crippen molar-refractivity contribution in [1.82, 2.24) is 19.3 Å². The van der Waals surface area contributed by atoms with Gasteiger partial charge in [-0.3, -0.25) is 9.55 Å². The lowest BCUT2D eigenvalue weighted by Crippen LogP contribution is -2.59. The smallest absolute Gasteiger partial charge is 0.354 e. The number of rotatable bonds is 6. The molecule has 0 amide bonds. The molecule has 0 bridgehead atoms. The number of imidazole rings is 1. The van der Waals surface area contributed by atoms with Gasteiger partial charge in [0.1, 0.15) is 17.4 Å². The quantitative estimate of drug-likeness (QED) is 0.169. The molecule has 0 saturated heterocycles. The number of amidine groups is 1. The summed E-state index contributed by atoms with van der Waals surface area (Å²) in [6.45, 7) is 26.4. The van der Waals surface area contributed by atoms with Crippen LogP contribution in [0.2, 0.25) is 0 Å². The third-order valence-corrected chi connectivity index (χ3v) is 13.0. The van der Waals surface area contributed by atoms with Gasteiger partial charge < -0.3 is 9.92 Å². The van der Waals surface area contributed by atoms with Gasteiger partial charge >= 0.3 is 6.85 Å². The van der Waals surface area contributed by atoms with E-state index in [4.69, 9.17) is 15.0 Å². The average molecular weight is 868 g/mol. The van der Waals surface area contributed by atoms with E-state index in [9.17, 15) is 5.11 Å². The third kappa shape index (κ3) is 8.36. The fourth-order valence-electron chi connectivity index (χ4n) is 9.09. The second-order valence-electron chi connectivity index (χ2n) is 22.1. The molecule has 2 aliphatic heterocycles. The molecule has 0 radical (unpaired) electrons. The Labute approximate surface area is 392 Å². The summed E-state index contributed by atoms with van der Waals surface area (Å²) in [4.78, 5) is 18.6. The van der Waals surface area contributed by atoms with Crippen LogP contribution >= 0.6 is 0 Å². The predicted octanol–water partition coefficient (Wildman–Crippen LogP) is 13.4. The molecule has 4 heterocycles. The van der Waals surface area contributed by atoms with Crippen molar-refractivity contribution in [3.05, 3.63) is 174 Å². The largest absolute Gasteiger partial charge is 0.507 e. The molecule has 0 atom stereocenters. The number of phenolic OH excluding ortho intramolecular Hbond substituents is 1. The SMILES string of the molecule is CC(C)(C)c1cc(B2c3nc(-c4cc(C(C)(C)C)cc(C(C)(C)C)c4O)n(-c4ccc(C(C)(C)C)cc4-c4ccccc4)c3N=C3C=CC=CN23)cc(-c2cc(-c3ccccc3)ccn2)c1. The molecule has 332 valence electrons. The van der Waals surface area contributed by atoms with Crippen LogP contribution in [0.1, 0.15) is 105 Å². The lowest BCUT2D eigenvalue weighted by Gasteiger charge is -2.33. The zero-order valence-corrected chi connectivity index (χ0v) is 40.7. The highest BCUT2D eigenvalue weighted by Crippen LogP contribution is 2.45. The minimum absolute atomic E-state index is 0.101. The Kier molecular flexibility index (Phi) is 11.0. The van der Waals surface area contributed by atoms with Gasteiger partial charge in [0.2, 0.25) is 0 Å². The first-order valence-electron chi connectivity index (χ1n) is 23.3. The molecule has 0 spiro atoms. The van der Waals surface area contributed by atoms with Crippen molar-refractivity contribution >= 4 is 29.6 Å². The molecule has 1 N–H and O–H groups in total. The highest BCUT2D eigenvalue weighted by Gasteiger charge is 2.41. The van der Waals surface area contributed by atoms with Gasteiger partial charge in [0.05, 0.1) is 22.5 Å². The number of aliphatic imine (C=N–C) groups is 1. The molecule has 0 aliphatic carbocycles. The maximum absolute atomic E-state index is 12.7. The van der Waals surface area contributed by atoms with E-state index in [2.05, 4.69) is 232 Å². The number of hydrogen-bond acceptors (Lipinski definition) is 5. The van der Waals surface area contributed by atoms with Crippen LogP contribution in [0.3, 0.4) is 0 Å². The molecule has 7 aromatic rings. The molecule has 0 saturated carbocycles. The summed E-state index contributed by atoms with van der Waals surface area (Å²) in [5, 5.41) is 12.7. The maximum atomic E-state index is 12.7. The van der Waals surface area contributed by atoms with Gasteiger partial charge in [0.15, 0.2) is 5.82 Å². The van der Waals surface area contributed by atoms with E-state index in [0.717, 1.165) is 73.0 Å². The van der Waals surface area contributed by atoms with E-state index in [1.165, 1.54) is 11.1 Å². The van der Waals surface area contributed by atoms with Crippen LogP contribution < -0.4 is 11.1 Å². The fourth-order valence-corrected chi connectivity index (χ4v) is 9.09. The minimum Gasteiger partial charge on any atom is -0.507 e. The first-order chi connectivity index (χ1) is 31.2. The van der Waals surface area contributed by atoms with E-state index in [-0.39, 0.29) is 34.3 Å². The van der Waals surface area contributed by atoms with E-state index < -0.39 is 0 Å².